The average molecular weight is 397 g/mol. The lowest BCUT2D eigenvalue weighted by molar-refractivity contribution is -0.142. The number of ether oxygens (including phenoxy) is 1. The number of halogens is 5. The smallest absolute Gasteiger partial charge is 0.377 e. The molecule has 1 aliphatic carbocycles. The van der Waals surface area contributed by atoms with Gasteiger partial charge in [-0.2, -0.15) is 18.3 Å². The molecular formula is C15H20F5N5O2. The van der Waals surface area contributed by atoms with Crippen LogP contribution in [0.3, 0.4) is 0 Å². The highest BCUT2D eigenvalue weighted by Gasteiger charge is 2.38. The SMILES string of the molecule is O=C(NC1CCC(F)(F)CC1)N1CCOCC1c1ncn(CC(F)(F)F)n1. The van der Waals surface area contributed by atoms with Crippen LogP contribution in [0.2, 0.25) is 0 Å². The minimum atomic E-state index is -4.44. The van der Waals surface area contributed by atoms with Gasteiger partial charge in [0.2, 0.25) is 5.92 Å². The summed E-state index contributed by atoms with van der Waals surface area (Å²) in [6, 6.07) is -1.58. The van der Waals surface area contributed by atoms with E-state index in [1.807, 2.05) is 0 Å². The summed E-state index contributed by atoms with van der Waals surface area (Å²) in [5.41, 5.74) is 0. The van der Waals surface area contributed by atoms with Crippen molar-refractivity contribution < 1.29 is 31.5 Å². The van der Waals surface area contributed by atoms with E-state index in [1.165, 1.54) is 4.90 Å². The molecule has 27 heavy (non-hydrogen) atoms. The van der Waals surface area contributed by atoms with Crippen molar-refractivity contribution in [2.75, 3.05) is 19.8 Å². The number of nitrogens with one attached hydrogen (secondary N) is 1. The first-order valence-corrected chi connectivity index (χ1v) is 8.62. The number of hydrogen-bond donors (Lipinski definition) is 1. The van der Waals surface area contributed by atoms with Crippen molar-refractivity contribution in [3.05, 3.63) is 12.2 Å². The Morgan fingerprint density at radius 3 is 2.70 bits per heavy atom. The number of alkyl halides is 5. The second-order valence-electron chi connectivity index (χ2n) is 6.78. The fraction of sp³-hybridized carbons (Fsp3) is 0.800. The van der Waals surface area contributed by atoms with Crippen LogP contribution >= 0.6 is 0 Å². The summed E-state index contributed by atoms with van der Waals surface area (Å²) in [7, 11) is 0. The molecule has 0 spiro atoms. The lowest BCUT2D eigenvalue weighted by atomic mass is 9.92. The molecule has 1 saturated carbocycles. The van der Waals surface area contributed by atoms with Gasteiger partial charge in [0, 0.05) is 25.4 Å². The molecule has 1 atom stereocenters. The maximum absolute atomic E-state index is 13.2. The lowest BCUT2D eigenvalue weighted by Crippen LogP contribution is -2.52. The molecule has 0 radical (unpaired) electrons. The van der Waals surface area contributed by atoms with Gasteiger partial charge in [0.25, 0.3) is 0 Å². The Morgan fingerprint density at radius 2 is 2.04 bits per heavy atom. The minimum Gasteiger partial charge on any atom is -0.377 e. The largest absolute Gasteiger partial charge is 0.408 e. The highest BCUT2D eigenvalue weighted by atomic mass is 19.4. The van der Waals surface area contributed by atoms with Crippen molar-refractivity contribution in [1.82, 2.24) is 25.0 Å². The van der Waals surface area contributed by atoms with Crippen LogP contribution in [-0.4, -0.2) is 63.6 Å². The van der Waals surface area contributed by atoms with Crippen LogP contribution in [0.5, 0.6) is 0 Å². The predicted octanol–water partition coefficient (Wildman–Crippen LogP) is 2.50. The third-order valence-electron chi connectivity index (χ3n) is 4.63. The van der Waals surface area contributed by atoms with Crippen molar-refractivity contribution in [1.29, 1.82) is 0 Å². The Bertz CT molecular complexity index is 655. The first-order chi connectivity index (χ1) is 12.6. The van der Waals surface area contributed by atoms with E-state index in [0.29, 0.717) is 4.68 Å². The number of rotatable bonds is 3. The van der Waals surface area contributed by atoms with Crippen molar-refractivity contribution in [3.8, 4) is 0 Å². The molecule has 152 valence electrons. The highest BCUT2D eigenvalue weighted by molar-refractivity contribution is 5.75. The van der Waals surface area contributed by atoms with Crippen molar-refractivity contribution in [2.24, 2.45) is 0 Å². The summed E-state index contributed by atoms with van der Waals surface area (Å²) in [5.74, 6) is -2.65. The maximum atomic E-state index is 13.2. The molecule has 1 unspecified atom stereocenters. The van der Waals surface area contributed by atoms with Crippen LogP contribution < -0.4 is 5.32 Å². The van der Waals surface area contributed by atoms with E-state index in [4.69, 9.17) is 4.74 Å². The normalized spacial score (nSPS) is 24.0. The molecule has 3 rings (SSSR count). The third kappa shape index (κ3) is 5.27. The van der Waals surface area contributed by atoms with Crippen molar-refractivity contribution >= 4 is 6.03 Å². The Kier molecular flexibility index (Phi) is 5.54. The number of urea groups is 1. The van der Waals surface area contributed by atoms with Gasteiger partial charge >= 0.3 is 12.2 Å². The monoisotopic (exact) mass is 397 g/mol. The molecule has 1 aliphatic heterocycles. The summed E-state index contributed by atoms with van der Waals surface area (Å²) in [6.45, 7) is -0.772. The predicted molar refractivity (Wildman–Crippen MR) is 82.1 cm³/mol. The van der Waals surface area contributed by atoms with Gasteiger partial charge in [0.05, 0.1) is 13.2 Å². The number of amides is 2. The lowest BCUT2D eigenvalue weighted by Gasteiger charge is -2.36. The van der Waals surface area contributed by atoms with Crippen LogP contribution in [0.25, 0.3) is 0 Å². The van der Waals surface area contributed by atoms with Crippen LogP contribution in [0.4, 0.5) is 26.7 Å². The number of morpholine rings is 1. The van der Waals surface area contributed by atoms with E-state index >= 15 is 0 Å². The quantitative estimate of drug-likeness (QED) is 0.796. The summed E-state index contributed by atoms with van der Waals surface area (Å²) >= 11 is 0. The number of aromatic nitrogens is 3. The van der Waals surface area contributed by atoms with Crippen molar-refractivity contribution in [2.45, 2.75) is 56.4 Å². The molecule has 2 fully saturated rings. The van der Waals surface area contributed by atoms with Gasteiger partial charge in [0.15, 0.2) is 5.82 Å². The van der Waals surface area contributed by atoms with Gasteiger partial charge < -0.3 is 15.0 Å². The summed E-state index contributed by atoms with van der Waals surface area (Å²) in [5, 5.41) is 6.53. The molecule has 0 bridgehead atoms. The first-order valence-electron chi connectivity index (χ1n) is 8.62. The van der Waals surface area contributed by atoms with E-state index in [-0.39, 0.29) is 57.3 Å². The summed E-state index contributed by atoms with van der Waals surface area (Å²) in [4.78, 5) is 17.8. The number of carbonyl (C=O) groups excluding carboxylic acids is 1. The van der Waals surface area contributed by atoms with Crippen LogP contribution in [0.1, 0.15) is 37.5 Å². The molecule has 0 aromatic carbocycles. The Balaban J connectivity index is 1.64. The Hall–Kier alpha value is -1.98. The van der Waals surface area contributed by atoms with E-state index in [1.54, 1.807) is 0 Å². The van der Waals surface area contributed by atoms with Gasteiger partial charge in [-0.15, -0.1) is 0 Å². The second kappa shape index (κ2) is 7.56. The summed E-state index contributed by atoms with van der Waals surface area (Å²) in [6.07, 6.45) is -3.70. The number of hydrogen-bond acceptors (Lipinski definition) is 4. The molecule has 12 heteroatoms. The zero-order chi connectivity index (χ0) is 19.7. The zero-order valence-electron chi connectivity index (χ0n) is 14.4. The number of nitrogens with zero attached hydrogens (tertiary/aromatic N) is 4. The molecule has 1 aromatic heterocycles. The number of carbonyl (C=O) groups is 1. The molecule has 2 aliphatic rings. The van der Waals surface area contributed by atoms with E-state index in [9.17, 15) is 26.7 Å². The molecule has 1 N–H and O–H groups in total. The first kappa shape index (κ1) is 19.8. The molecule has 2 heterocycles. The van der Waals surface area contributed by atoms with Gasteiger partial charge in [-0.05, 0) is 12.8 Å². The highest BCUT2D eigenvalue weighted by Crippen LogP contribution is 2.33. The molecule has 1 aromatic rings. The topological polar surface area (TPSA) is 72.3 Å². The Labute approximate surface area is 151 Å². The van der Waals surface area contributed by atoms with Gasteiger partial charge in [-0.1, -0.05) is 0 Å². The van der Waals surface area contributed by atoms with Gasteiger partial charge in [-0.3, -0.25) is 0 Å². The Morgan fingerprint density at radius 1 is 1.33 bits per heavy atom. The third-order valence-corrected chi connectivity index (χ3v) is 4.63. The fourth-order valence-corrected chi connectivity index (χ4v) is 3.22. The molecule has 2 amide bonds. The van der Waals surface area contributed by atoms with E-state index in [2.05, 4.69) is 15.4 Å². The molecule has 1 saturated heterocycles. The summed E-state index contributed by atoms with van der Waals surface area (Å²) < 4.78 is 69.9. The zero-order valence-corrected chi connectivity index (χ0v) is 14.4. The minimum absolute atomic E-state index is 0.0456. The maximum Gasteiger partial charge on any atom is 0.408 e. The van der Waals surface area contributed by atoms with Crippen LogP contribution in [-0.2, 0) is 11.3 Å². The van der Waals surface area contributed by atoms with E-state index < -0.39 is 30.7 Å². The molecule has 7 nitrogen and oxygen atoms in total. The van der Waals surface area contributed by atoms with Gasteiger partial charge in [-0.25, -0.2) is 23.2 Å². The van der Waals surface area contributed by atoms with Crippen LogP contribution in [0.15, 0.2) is 6.33 Å². The van der Waals surface area contributed by atoms with Crippen molar-refractivity contribution in [3.63, 3.8) is 0 Å². The standard InChI is InChI=1S/C15H20F5N5O2/c16-14(17)3-1-10(2-4-14)22-13(26)25-5-6-27-7-11(25)12-21-9-24(23-12)8-15(18,19)20/h9-11H,1-8H2,(H,22,26). The van der Waals surface area contributed by atoms with Crippen LogP contribution in [0, 0.1) is 0 Å². The van der Waals surface area contributed by atoms with Gasteiger partial charge in [0.1, 0.15) is 18.9 Å². The average Bonchev–Trinajstić information content (AvgIpc) is 3.03. The van der Waals surface area contributed by atoms with E-state index in [0.717, 1.165) is 6.33 Å². The fourth-order valence-electron chi connectivity index (χ4n) is 3.22. The molecular weight excluding hydrogens is 377 g/mol. The second-order valence-corrected chi connectivity index (χ2v) is 6.78.